The number of nitrogens with one attached hydrogen (secondary N) is 1. The minimum Gasteiger partial charge on any atom is -0.489 e. The van der Waals surface area contributed by atoms with Gasteiger partial charge < -0.3 is 20.5 Å². The number of amides is 1. The molecule has 1 aliphatic heterocycles. The molecule has 0 radical (unpaired) electrons. The van der Waals surface area contributed by atoms with Gasteiger partial charge in [0.2, 0.25) is 0 Å². The quantitative estimate of drug-likeness (QED) is 0.806. The minimum atomic E-state index is -0.458. The molecule has 1 fully saturated rings. The number of rotatable bonds is 6. The van der Waals surface area contributed by atoms with Gasteiger partial charge in [0.05, 0.1) is 6.10 Å². The average molecular weight is 381 g/mol. The van der Waals surface area contributed by atoms with E-state index in [1.165, 1.54) is 12.1 Å². The van der Waals surface area contributed by atoms with Gasteiger partial charge >= 0.3 is 0 Å². The van der Waals surface area contributed by atoms with Crippen molar-refractivity contribution < 1.29 is 18.7 Å². The molecule has 0 aliphatic carbocycles. The molecule has 2 aromatic carbocycles. The summed E-state index contributed by atoms with van der Waals surface area (Å²) in [7, 11) is 0. The molecule has 0 bridgehead atoms. The van der Waals surface area contributed by atoms with Crippen LogP contribution in [0.2, 0.25) is 0 Å². The van der Waals surface area contributed by atoms with Gasteiger partial charge in [-0.05, 0) is 42.7 Å². The van der Waals surface area contributed by atoms with E-state index in [1.54, 1.807) is 18.2 Å². The van der Waals surface area contributed by atoms with Crippen LogP contribution in [0.1, 0.15) is 18.4 Å². The maximum atomic E-state index is 13.2. The molecule has 2 aromatic rings. The zero-order valence-corrected chi connectivity index (χ0v) is 15.0. The lowest BCUT2D eigenvalue weighted by molar-refractivity contribution is -0.126. The third-order valence-electron chi connectivity index (χ3n) is 4.06. The molecule has 2 atom stereocenters. The minimum absolute atomic E-state index is 0. The van der Waals surface area contributed by atoms with Crippen LogP contribution in [0.4, 0.5) is 10.1 Å². The number of hydrogen-bond donors (Lipinski definition) is 2. The standard InChI is InChI=1S/C19H21FN2O3.ClH/c20-14-4-2-6-16(10-14)24-12-13-3-1-5-15(9-13)22-19(23)18-8-7-17(11-21)25-18;/h1-6,9-10,17-18H,7-8,11-12,21H2,(H,22,23);1H/t17-,18+;/m1./s1. The topological polar surface area (TPSA) is 73.6 Å². The van der Waals surface area contributed by atoms with E-state index >= 15 is 0 Å². The molecule has 1 saturated heterocycles. The second-order valence-electron chi connectivity index (χ2n) is 6.00. The van der Waals surface area contributed by atoms with Crippen LogP contribution < -0.4 is 15.8 Å². The highest BCUT2D eigenvalue weighted by atomic mass is 35.5. The summed E-state index contributed by atoms with van der Waals surface area (Å²) in [4.78, 5) is 12.3. The van der Waals surface area contributed by atoms with E-state index in [2.05, 4.69) is 5.32 Å². The van der Waals surface area contributed by atoms with E-state index in [0.29, 0.717) is 24.4 Å². The van der Waals surface area contributed by atoms with Crippen LogP contribution in [-0.4, -0.2) is 24.7 Å². The number of carbonyl (C=O) groups excluding carboxylic acids is 1. The van der Waals surface area contributed by atoms with Crippen LogP contribution >= 0.6 is 12.4 Å². The first-order valence-electron chi connectivity index (χ1n) is 8.28. The summed E-state index contributed by atoms with van der Waals surface area (Å²) in [5, 5.41) is 2.86. The lowest BCUT2D eigenvalue weighted by atomic mass is 10.1. The molecule has 3 rings (SSSR count). The van der Waals surface area contributed by atoms with Crippen LogP contribution in [0.3, 0.4) is 0 Å². The predicted molar refractivity (Wildman–Crippen MR) is 100 cm³/mol. The van der Waals surface area contributed by atoms with Crippen molar-refractivity contribution >= 4 is 24.0 Å². The van der Waals surface area contributed by atoms with E-state index in [1.807, 2.05) is 18.2 Å². The number of anilines is 1. The molecule has 1 amide bonds. The van der Waals surface area contributed by atoms with Gasteiger partial charge in [0.25, 0.3) is 5.91 Å². The Labute approximate surface area is 158 Å². The number of carbonyl (C=O) groups is 1. The van der Waals surface area contributed by atoms with Gasteiger partial charge in [-0.2, -0.15) is 0 Å². The van der Waals surface area contributed by atoms with E-state index in [9.17, 15) is 9.18 Å². The molecule has 0 unspecified atom stereocenters. The second-order valence-corrected chi connectivity index (χ2v) is 6.00. The van der Waals surface area contributed by atoms with Gasteiger partial charge in [-0.15, -0.1) is 12.4 Å². The molecule has 0 aromatic heterocycles. The van der Waals surface area contributed by atoms with Crippen molar-refractivity contribution in [1.29, 1.82) is 0 Å². The summed E-state index contributed by atoms with van der Waals surface area (Å²) in [6, 6.07) is 13.3. The van der Waals surface area contributed by atoms with Crippen LogP contribution in [-0.2, 0) is 16.1 Å². The molecule has 0 saturated carbocycles. The first-order chi connectivity index (χ1) is 12.1. The molecule has 140 valence electrons. The molecule has 3 N–H and O–H groups in total. The third-order valence-corrected chi connectivity index (χ3v) is 4.06. The van der Waals surface area contributed by atoms with Crippen LogP contribution in [0.25, 0.3) is 0 Å². The van der Waals surface area contributed by atoms with Crippen molar-refractivity contribution in [3.63, 3.8) is 0 Å². The van der Waals surface area contributed by atoms with Crippen molar-refractivity contribution in [2.45, 2.75) is 31.7 Å². The van der Waals surface area contributed by atoms with Crippen LogP contribution in [0, 0.1) is 5.82 Å². The Bertz CT molecular complexity index is 744. The van der Waals surface area contributed by atoms with Crippen molar-refractivity contribution in [1.82, 2.24) is 0 Å². The monoisotopic (exact) mass is 380 g/mol. The summed E-state index contributed by atoms with van der Waals surface area (Å²) >= 11 is 0. The Hall–Kier alpha value is -2.15. The molecular formula is C19H22ClFN2O3. The summed E-state index contributed by atoms with van der Waals surface area (Å²) in [6.07, 6.45) is 0.981. The highest BCUT2D eigenvalue weighted by Gasteiger charge is 2.29. The number of ether oxygens (including phenoxy) is 2. The zero-order valence-electron chi connectivity index (χ0n) is 14.2. The maximum absolute atomic E-state index is 13.2. The van der Waals surface area contributed by atoms with Gasteiger partial charge in [0.1, 0.15) is 24.3 Å². The van der Waals surface area contributed by atoms with E-state index in [0.717, 1.165) is 12.0 Å². The molecule has 1 aliphatic rings. The molecule has 26 heavy (non-hydrogen) atoms. The average Bonchev–Trinajstić information content (AvgIpc) is 3.10. The Kier molecular flexibility index (Phi) is 7.38. The number of hydrogen-bond acceptors (Lipinski definition) is 4. The van der Waals surface area contributed by atoms with Crippen molar-refractivity contribution in [3.05, 3.63) is 59.9 Å². The Morgan fingerprint density at radius 3 is 2.77 bits per heavy atom. The first-order valence-corrected chi connectivity index (χ1v) is 8.28. The van der Waals surface area contributed by atoms with Crippen LogP contribution in [0.15, 0.2) is 48.5 Å². The Morgan fingerprint density at radius 2 is 2.04 bits per heavy atom. The number of benzene rings is 2. The highest BCUT2D eigenvalue weighted by molar-refractivity contribution is 5.94. The fourth-order valence-corrected chi connectivity index (χ4v) is 2.76. The Balaban J connectivity index is 0.00000243. The lowest BCUT2D eigenvalue weighted by Gasteiger charge is -2.13. The van der Waals surface area contributed by atoms with E-state index in [-0.39, 0.29) is 36.8 Å². The zero-order chi connectivity index (χ0) is 17.6. The van der Waals surface area contributed by atoms with Gasteiger partial charge in [-0.1, -0.05) is 18.2 Å². The molecule has 1 heterocycles. The predicted octanol–water partition coefficient (Wildman–Crippen LogP) is 3.27. The van der Waals surface area contributed by atoms with Crippen molar-refractivity contribution in [2.24, 2.45) is 5.73 Å². The Morgan fingerprint density at radius 1 is 1.23 bits per heavy atom. The van der Waals surface area contributed by atoms with Crippen molar-refractivity contribution in [2.75, 3.05) is 11.9 Å². The molecule has 5 nitrogen and oxygen atoms in total. The van der Waals surface area contributed by atoms with E-state index < -0.39 is 6.10 Å². The largest absolute Gasteiger partial charge is 0.489 e. The lowest BCUT2D eigenvalue weighted by Crippen LogP contribution is -2.29. The summed E-state index contributed by atoms with van der Waals surface area (Å²) in [5.41, 5.74) is 7.11. The smallest absolute Gasteiger partial charge is 0.253 e. The first kappa shape index (κ1) is 20.2. The number of nitrogens with two attached hydrogens (primary N) is 1. The third kappa shape index (κ3) is 5.42. The second kappa shape index (κ2) is 9.52. The summed E-state index contributed by atoms with van der Waals surface area (Å²) < 4.78 is 24.3. The van der Waals surface area contributed by atoms with Gasteiger partial charge in [-0.3, -0.25) is 4.79 Å². The highest BCUT2D eigenvalue weighted by Crippen LogP contribution is 2.21. The maximum Gasteiger partial charge on any atom is 0.253 e. The van der Waals surface area contributed by atoms with Gasteiger partial charge in [0, 0.05) is 18.3 Å². The summed E-state index contributed by atoms with van der Waals surface area (Å²) in [6.45, 7) is 0.707. The number of halogens is 2. The molecular weight excluding hydrogens is 359 g/mol. The van der Waals surface area contributed by atoms with E-state index in [4.69, 9.17) is 15.2 Å². The summed E-state index contributed by atoms with van der Waals surface area (Å²) in [5.74, 6) is -0.0494. The van der Waals surface area contributed by atoms with Crippen molar-refractivity contribution in [3.8, 4) is 5.75 Å². The molecule has 7 heteroatoms. The molecule has 0 spiro atoms. The fraction of sp³-hybridized carbons (Fsp3) is 0.316. The van der Waals surface area contributed by atoms with Crippen LogP contribution in [0.5, 0.6) is 5.75 Å². The van der Waals surface area contributed by atoms with Gasteiger partial charge in [-0.25, -0.2) is 4.39 Å². The fourth-order valence-electron chi connectivity index (χ4n) is 2.76. The van der Waals surface area contributed by atoms with Gasteiger partial charge in [0.15, 0.2) is 0 Å². The SMILES string of the molecule is Cl.NC[C@H]1CC[C@@H](C(=O)Nc2cccc(COc3cccc(F)c3)c2)O1. The normalized spacial score (nSPS) is 18.8.